The summed E-state index contributed by atoms with van der Waals surface area (Å²) in [6.07, 6.45) is 0. The third-order valence-electron chi connectivity index (χ3n) is 5.78. The van der Waals surface area contributed by atoms with E-state index < -0.39 is 0 Å². The van der Waals surface area contributed by atoms with Crippen LogP contribution in [0.2, 0.25) is 0 Å². The standard InChI is InChI=1S/C24H24N4O2S/c1-17-21-15-22(31-24(21)28(25-17)16-18-5-3-2-4-6-18)23(30)27-13-11-26(12-14-27)19-7-9-20(29)10-8-19/h2-10,15,29H,11-14,16H2,1H3. The minimum atomic E-state index is 0.0946. The smallest absolute Gasteiger partial charge is 0.264 e. The predicted molar refractivity (Wildman–Crippen MR) is 124 cm³/mol. The summed E-state index contributed by atoms with van der Waals surface area (Å²) in [5.74, 6) is 0.362. The summed E-state index contributed by atoms with van der Waals surface area (Å²) in [4.78, 5) is 19.2. The number of aromatic nitrogens is 2. The van der Waals surface area contributed by atoms with Gasteiger partial charge in [0.25, 0.3) is 5.91 Å². The van der Waals surface area contributed by atoms with Crippen LogP contribution in [0.25, 0.3) is 10.2 Å². The zero-order valence-corrected chi connectivity index (χ0v) is 18.2. The molecule has 0 radical (unpaired) electrons. The summed E-state index contributed by atoms with van der Waals surface area (Å²) in [6, 6.07) is 19.5. The van der Waals surface area contributed by atoms with E-state index in [1.807, 2.05) is 52.9 Å². The Morgan fingerprint density at radius 1 is 1.03 bits per heavy atom. The molecule has 4 aromatic rings. The molecule has 6 nitrogen and oxygen atoms in total. The van der Waals surface area contributed by atoms with E-state index in [4.69, 9.17) is 0 Å². The molecule has 0 saturated carbocycles. The van der Waals surface area contributed by atoms with Gasteiger partial charge < -0.3 is 14.9 Å². The minimum Gasteiger partial charge on any atom is -0.508 e. The van der Waals surface area contributed by atoms with Crippen LogP contribution in [0.1, 0.15) is 20.9 Å². The fourth-order valence-corrected chi connectivity index (χ4v) is 5.20. The van der Waals surface area contributed by atoms with Gasteiger partial charge in [0, 0.05) is 37.3 Å². The van der Waals surface area contributed by atoms with E-state index in [0.717, 1.165) is 39.6 Å². The third kappa shape index (κ3) is 3.88. The lowest BCUT2D eigenvalue weighted by Gasteiger charge is -2.36. The average Bonchev–Trinajstić information content (AvgIpc) is 3.36. The number of carbonyl (C=O) groups is 1. The number of aromatic hydroxyl groups is 1. The van der Waals surface area contributed by atoms with Crippen LogP contribution < -0.4 is 4.90 Å². The number of aryl methyl sites for hydroxylation is 1. The SMILES string of the molecule is Cc1nn(Cc2ccccc2)c2sc(C(=O)N3CCN(c4ccc(O)cc4)CC3)cc12. The summed E-state index contributed by atoms with van der Waals surface area (Å²) in [5, 5.41) is 15.2. The van der Waals surface area contributed by atoms with Crippen LogP contribution in [-0.2, 0) is 6.54 Å². The van der Waals surface area contributed by atoms with Crippen molar-refractivity contribution >= 4 is 33.1 Å². The van der Waals surface area contributed by atoms with E-state index in [9.17, 15) is 9.90 Å². The van der Waals surface area contributed by atoms with Crippen molar-refractivity contribution in [2.45, 2.75) is 13.5 Å². The molecule has 0 atom stereocenters. The van der Waals surface area contributed by atoms with Crippen molar-refractivity contribution in [1.29, 1.82) is 0 Å². The zero-order chi connectivity index (χ0) is 21.4. The molecule has 0 aliphatic carbocycles. The van der Waals surface area contributed by atoms with Crippen molar-refractivity contribution in [3.8, 4) is 5.75 Å². The van der Waals surface area contributed by atoms with Crippen molar-refractivity contribution in [1.82, 2.24) is 14.7 Å². The Balaban J connectivity index is 1.31. The van der Waals surface area contributed by atoms with Crippen LogP contribution >= 0.6 is 11.3 Å². The molecule has 1 amide bonds. The van der Waals surface area contributed by atoms with Gasteiger partial charge in [0.05, 0.1) is 17.1 Å². The number of anilines is 1. The molecule has 7 heteroatoms. The first-order valence-electron chi connectivity index (χ1n) is 10.4. The van der Waals surface area contributed by atoms with Crippen molar-refractivity contribution in [2.75, 3.05) is 31.1 Å². The van der Waals surface area contributed by atoms with E-state index in [0.29, 0.717) is 19.6 Å². The second-order valence-electron chi connectivity index (χ2n) is 7.85. The summed E-state index contributed by atoms with van der Waals surface area (Å²) in [5.41, 5.74) is 3.22. The van der Waals surface area contributed by atoms with Crippen LogP contribution in [0.5, 0.6) is 5.75 Å². The highest BCUT2D eigenvalue weighted by atomic mass is 32.1. The van der Waals surface area contributed by atoms with Gasteiger partial charge in [0.2, 0.25) is 0 Å². The largest absolute Gasteiger partial charge is 0.508 e. The van der Waals surface area contributed by atoms with Gasteiger partial charge in [-0.05, 0) is 42.8 Å². The molecule has 158 valence electrons. The zero-order valence-electron chi connectivity index (χ0n) is 17.4. The average molecular weight is 433 g/mol. The lowest BCUT2D eigenvalue weighted by atomic mass is 10.2. The number of phenols is 1. The molecule has 2 aromatic heterocycles. The normalized spacial score (nSPS) is 14.4. The monoisotopic (exact) mass is 432 g/mol. The molecule has 1 saturated heterocycles. The molecular formula is C24H24N4O2S. The third-order valence-corrected chi connectivity index (χ3v) is 6.91. The molecule has 31 heavy (non-hydrogen) atoms. The maximum absolute atomic E-state index is 13.2. The Morgan fingerprint density at radius 3 is 2.45 bits per heavy atom. The van der Waals surface area contributed by atoms with Gasteiger partial charge in [0.15, 0.2) is 0 Å². The van der Waals surface area contributed by atoms with E-state index in [1.54, 1.807) is 12.1 Å². The number of rotatable bonds is 4. The molecule has 1 aliphatic heterocycles. The second kappa shape index (κ2) is 8.07. The van der Waals surface area contributed by atoms with Gasteiger partial charge in [0.1, 0.15) is 10.6 Å². The van der Waals surface area contributed by atoms with Gasteiger partial charge in [-0.3, -0.25) is 9.48 Å². The van der Waals surface area contributed by atoms with E-state index in [-0.39, 0.29) is 11.7 Å². The molecule has 0 bridgehead atoms. The van der Waals surface area contributed by atoms with Crippen molar-refractivity contribution < 1.29 is 9.90 Å². The van der Waals surface area contributed by atoms with Gasteiger partial charge in [-0.1, -0.05) is 30.3 Å². The van der Waals surface area contributed by atoms with Gasteiger partial charge in [-0.15, -0.1) is 11.3 Å². The van der Waals surface area contributed by atoms with Crippen LogP contribution in [0.15, 0.2) is 60.7 Å². The Kier molecular flexibility index (Phi) is 5.11. The predicted octanol–water partition coefficient (Wildman–Crippen LogP) is 4.12. The number of hydrogen-bond donors (Lipinski definition) is 1. The molecule has 5 rings (SSSR count). The summed E-state index contributed by atoms with van der Waals surface area (Å²) in [6.45, 7) is 5.63. The Labute approximate surface area is 184 Å². The molecule has 1 fully saturated rings. The fraction of sp³-hybridized carbons (Fsp3) is 0.250. The van der Waals surface area contributed by atoms with Crippen molar-refractivity contribution in [3.05, 3.63) is 76.8 Å². The fourth-order valence-electron chi connectivity index (χ4n) is 4.07. The molecular weight excluding hydrogens is 408 g/mol. The van der Waals surface area contributed by atoms with Crippen LogP contribution in [0.4, 0.5) is 5.69 Å². The Bertz CT molecular complexity index is 1210. The number of amides is 1. The maximum Gasteiger partial charge on any atom is 0.264 e. The highest BCUT2D eigenvalue weighted by Gasteiger charge is 2.25. The number of fused-ring (bicyclic) bond motifs is 1. The lowest BCUT2D eigenvalue weighted by molar-refractivity contribution is 0.0751. The lowest BCUT2D eigenvalue weighted by Crippen LogP contribution is -2.48. The first-order valence-corrected chi connectivity index (χ1v) is 11.2. The van der Waals surface area contributed by atoms with Crippen molar-refractivity contribution in [3.63, 3.8) is 0 Å². The molecule has 2 aromatic carbocycles. The summed E-state index contributed by atoms with van der Waals surface area (Å²) >= 11 is 1.53. The summed E-state index contributed by atoms with van der Waals surface area (Å²) < 4.78 is 2.00. The van der Waals surface area contributed by atoms with Gasteiger partial charge in [-0.25, -0.2) is 0 Å². The van der Waals surface area contributed by atoms with Crippen LogP contribution in [0.3, 0.4) is 0 Å². The molecule has 0 spiro atoms. The number of carbonyl (C=O) groups excluding carboxylic acids is 1. The van der Waals surface area contributed by atoms with E-state index >= 15 is 0 Å². The number of benzene rings is 2. The topological polar surface area (TPSA) is 61.6 Å². The molecule has 3 heterocycles. The van der Waals surface area contributed by atoms with Crippen LogP contribution in [0, 0.1) is 6.92 Å². The molecule has 0 unspecified atom stereocenters. The van der Waals surface area contributed by atoms with Gasteiger partial charge in [-0.2, -0.15) is 5.10 Å². The van der Waals surface area contributed by atoms with E-state index in [1.165, 1.54) is 16.9 Å². The van der Waals surface area contributed by atoms with Crippen molar-refractivity contribution in [2.24, 2.45) is 0 Å². The van der Waals surface area contributed by atoms with E-state index in [2.05, 4.69) is 22.1 Å². The number of nitrogens with zero attached hydrogens (tertiary/aromatic N) is 4. The Hall–Kier alpha value is -3.32. The minimum absolute atomic E-state index is 0.0946. The number of thiophene rings is 1. The van der Waals surface area contributed by atoms with Gasteiger partial charge >= 0.3 is 0 Å². The quantitative estimate of drug-likeness (QED) is 0.527. The molecule has 1 aliphatic rings. The Morgan fingerprint density at radius 2 is 1.74 bits per heavy atom. The number of piperazine rings is 1. The maximum atomic E-state index is 13.2. The first-order chi connectivity index (χ1) is 15.1. The van der Waals surface area contributed by atoms with Crippen LogP contribution in [-0.4, -0.2) is 51.9 Å². The first kappa shape index (κ1) is 19.6. The number of hydrogen-bond acceptors (Lipinski definition) is 5. The molecule has 1 N–H and O–H groups in total. The second-order valence-corrected chi connectivity index (χ2v) is 8.88. The number of phenolic OH excluding ortho intramolecular Hbond substituents is 1. The highest BCUT2D eigenvalue weighted by molar-refractivity contribution is 7.20. The summed E-state index contributed by atoms with van der Waals surface area (Å²) in [7, 11) is 0. The highest BCUT2D eigenvalue weighted by Crippen LogP contribution is 2.30.